The van der Waals surface area contributed by atoms with Gasteiger partial charge in [-0.15, -0.1) is 0 Å². The summed E-state index contributed by atoms with van der Waals surface area (Å²) in [5.41, 5.74) is 1.69. The van der Waals surface area contributed by atoms with Gasteiger partial charge in [-0.3, -0.25) is 4.79 Å². The van der Waals surface area contributed by atoms with Crippen LogP contribution >= 0.6 is 35.0 Å². The van der Waals surface area contributed by atoms with Gasteiger partial charge in [0.1, 0.15) is 0 Å². The quantitative estimate of drug-likeness (QED) is 0.593. The Morgan fingerprint density at radius 2 is 1.92 bits per heavy atom. The Balaban J connectivity index is 1.81. The number of nitrogens with one attached hydrogen (secondary N) is 1. The number of carbonyl (C=O) groups excluding carboxylic acids is 2. The molecule has 1 fully saturated rings. The predicted molar refractivity (Wildman–Crippen MR) is 105 cm³/mol. The number of amidine groups is 1. The zero-order valence-corrected chi connectivity index (χ0v) is 15.8. The van der Waals surface area contributed by atoms with Gasteiger partial charge in [-0.1, -0.05) is 41.4 Å². The van der Waals surface area contributed by atoms with Gasteiger partial charge in [-0.25, -0.2) is 9.79 Å². The molecule has 1 aliphatic heterocycles. The summed E-state index contributed by atoms with van der Waals surface area (Å²) in [4.78, 5) is 28.4. The molecule has 0 radical (unpaired) electrons. The summed E-state index contributed by atoms with van der Waals surface area (Å²) in [7, 11) is 1.32. The van der Waals surface area contributed by atoms with Crippen LogP contribution in [0.2, 0.25) is 10.0 Å². The van der Waals surface area contributed by atoms with E-state index in [2.05, 4.69) is 15.0 Å². The molecule has 1 heterocycles. The van der Waals surface area contributed by atoms with Crippen LogP contribution in [0.25, 0.3) is 6.08 Å². The van der Waals surface area contributed by atoms with Crippen LogP contribution in [0, 0.1) is 0 Å². The number of carbonyl (C=O) groups is 2. The number of nitrogens with zero attached hydrogens (tertiary/aromatic N) is 1. The normalized spacial score (nSPS) is 16.8. The monoisotopic (exact) mass is 406 g/mol. The van der Waals surface area contributed by atoms with Gasteiger partial charge in [0.15, 0.2) is 5.17 Å². The number of benzene rings is 2. The molecule has 1 N–H and O–H groups in total. The van der Waals surface area contributed by atoms with Crippen molar-refractivity contribution in [1.29, 1.82) is 0 Å². The lowest BCUT2D eigenvalue weighted by Crippen LogP contribution is -2.19. The minimum Gasteiger partial charge on any atom is -0.465 e. The molecule has 26 heavy (non-hydrogen) atoms. The van der Waals surface area contributed by atoms with Gasteiger partial charge < -0.3 is 10.1 Å². The maximum atomic E-state index is 12.1. The Morgan fingerprint density at radius 3 is 2.62 bits per heavy atom. The fraction of sp³-hybridized carbons (Fsp3) is 0.0556. The molecular formula is C18H12Cl2N2O3S. The molecule has 0 bridgehead atoms. The lowest BCUT2D eigenvalue weighted by atomic mass is 10.1. The Kier molecular flexibility index (Phi) is 5.66. The largest absolute Gasteiger partial charge is 0.465 e. The van der Waals surface area contributed by atoms with E-state index in [-0.39, 0.29) is 5.91 Å². The van der Waals surface area contributed by atoms with Crippen LogP contribution in [0.5, 0.6) is 0 Å². The average Bonchev–Trinajstić information content (AvgIpc) is 2.98. The molecule has 0 aromatic heterocycles. The van der Waals surface area contributed by atoms with Gasteiger partial charge in [0.25, 0.3) is 5.91 Å². The molecular weight excluding hydrogens is 395 g/mol. The van der Waals surface area contributed by atoms with E-state index in [9.17, 15) is 9.59 Å². The van der Waals surface area contributed by atoms with Gasteiger partial charge in [-0.2, -0.15) is 0 Å². The Labute approximate surface area is 164 Å². The fourth-order valence-electron chi connectivity index (χ4n) is 2.15. The molecule has 8 heteroatoms. The first-order chi connectivity index (χ1) is 12.5. The number of amides is 1. The number of halogens is 2. The summed E-state index contributed by atoms with van der Waals surface area (Å²) in [5, 5.41) is 3.82. The minimum atomic E-state index is -0.412. The standard InChI is InChI=1S/C18H12Cl2N2O3S/c1-25-17(24)11-7-5-10(6-8-11)9-14-16(23)22-18(26-14)21-13-4-2-3-12(19)15(13)20/h2-9H,1H3,(H,21,22,23)/b14-9-. The van der Waals surface area contributed by atoms with Crippen molar-refractivity contribution in [3.8, 4) is 0 Å². The zero-order chi connectivity index (χ0) is 18.7. The molecule has 5 nitrogen and oxygen atoms in total. The van der Waals surface area contributed by atoms with E-state index in [0.717, 1.165) is 5.56 Å². The number of methoxy groups -OCH3 is 1. The molecule has 0 atom stereocenters. The maximum absolute atomic E-state index is 12.1. The average molecular weight is 407 g/mol. The SMILES string of the molecule is COC(=O)c1ccc(/C=C2\SC(=Nc3cccc(Cl)c3Cl)NC2=O)cc1. The van der Waals surface area contributed by atoms with Crippen molar-refractivity contribution < 1.29 is 14.3 Å². The van der Waals surface area contributed by atoms with Crippen molar-refractivity contribution in [1.82, 2.24) is 5.32 Å². The molecule has 0 aliphatic carbocycles. The highest BCUT2D eigenvalue weighted by atomic mass is 35.5. The van der Waals surface area contributed by atoms with Crippen LogP contribution in [0.3, 0.4) is 0 Å². The summed E-state index contributed by atoms with van der Waals surface area (Å²) >= 11 is 13.3. The van der Waals surface area contributed by atoms with Crippen LogP contribution in [-0.2, 0) is 9.53 Å². The molecule has 1 saturated heterocycles. The third-order valence-corrected chi connectivity index (χ3v) is 5.15. The molecule has 2 aromatic rings. The highest BCUT2D eigenvalue weighted by molar-refractivity contribution is 8.18. The van der Waals surface area contributed by atoms with E-state index in [4.69, 9.17) is 23.2 Å². The van der Waals surface area contributed by atoms with Gasteiger partial charge in [0.05, 0.1) is 33.3 Å². The molecule has 1 aliphatic rings. The summed E-state index contributed by atoms with van der Waals surface area (Å²) in [5.74, 6) is -0.672. The molecule has 132 valence electrons. The van der Waals surface area contributed by atoms with Crippen molar-refractivity contribution in [2.24, 2.45) is 4.99 Å². The summed E-state index contributed by atoms with van der Waals surface area (Å²) < 4.78 is 4.66. The van der Waals surface area contributed by atoms with Gasteiger partial charge in [-0.05, 0) is 47.7 Å². The number of hydrogen-bond donors (Lipinski definition) is 1. The van der Waals surface area contributed by atoms with E-state index in [0.29, 0.717) is 31.4 Å². The summed E-state index contributed by atoms with van der Waals surface area (Å²) in [6.45, 7) is 0. The molecule has 0 saturated carbocycles. The van der Waals surface area contributed by atoms with Gasteiger partial charge >= 0.3 is 5.97 Å². The summed E-state index contributed by atoms with van der Waals surface area (Å²) in [6.07, 6.45) is 1.71. The third-order valence-electron chi connectivity index (χ3n) is 3.43. The number of ether oxygens (including phenoxy) is 1. The third kappa shape index (κ3) is 4.09. The first kappa shape index (κ1) is 18.5. The van der Waals surface area contributed by atoms with Crippen LogP contribution in [0.15, 0.2) is 52.4 Å². The zero-order valence-electron chi connectivity index (χ0n) is 13.5. The first-order valence-corrected chi connectivity index (χ1v) is 8.97. The van der Waals surface area contributed by atoms with E-state index in [1.54, 1.807) is 48.5 Å². The van der Waals surface area contributed by atoms with Crippen molar-refractivity contribution in [3.63, 3.8) is 0 Å². The number of hydrogen-bond acceptors (Lipinski definition) is 5. The van der Waals surface area contributed by atoms with Crippen LogP contribution < -0.4 is 5.32 Å². The van der Waals surface area contributed by atoms with Crippen molar-refractivity contribution in [2.45, 2.75) is 0 Å². The highest BCUT2D eigenvalue weighted by Gasteiger charge is 2.24. The topological polar surface area (TPSA) is 67.8 Å². The van der Waals surface area contributed by atoms with Crippen molar-refractivity contribution >= 4 is 63.8 Å². The summed E-state index contributed by atoms with van der Waals surface area (Å²) in [6, 6.07) is 11.8. The second-order valence-corrected chi connectivity index (χ2v) is 6.98. The van der Waals surface area contributed by atoms with E-state index >= 15 is 0 Å². The lowest BCUT2D eigenvalue weighted by Gasteiger charge is -2.01. The molecule has 1 amide bonds. The Hall–Kier alpha value is -2.28. The number of rotatable bonds is 3. The Morgan fingerprint density at radius 1 is 1.19 bits per heavy atom. The smallest absolute Gasteiger partial charge is 0.337 e. The predicted octanol–water partition coefficient (Wildman–Crippen LogP) is 4.67. The minimum absolute atomic E-state index is 0.260. The molecule has 0 unspecified atom stereocenters. The number of esters is 1. The fourth-order valence-corrected chi connectivity index (χ4v) is 3.33. The van der Waals surface area contributed by atoms with Crippen molar-refractivity contribution in [3.05, 3.63) is 68.5 Å². The molecule has 0 spiro atoms. The van der Waals surface area contributed by atoms with Crippen LogP contribution in [0.4, 0.5) is 5.69 Å². The second-order valence-electron chi connectivity index (χ2n) is 5.17. The van der Waals surface area contributed by atoms with Crippen LogP contribution in [0.1, 0.15) is 15.9 Å². The Bertz CT molecular complexity index is 940. The van der Waals surface area contributed by atoms with E-state index in [1.807, 2.05) is 0 Å². The van der Waals surface area contributed by atoms with Crippen LogP contribution in [-0.4, -0.2) is 24.2 Å². The van der Waals surface area contributed by atoms with E-state index < -0.39 is 5.97 Å². The number of thioether (sulfide) groups is 1. The van der Waals surface area contributed by atoms with Crippen molar-refractivity contribution in [2.75, 3.05) is 7.11 Å². The molecule has 3 rings (SSSR count). The number of aliphatic imine (C=N–C) groups is 1. The van der Waals surface area contributed by atoms with Gasteiger partial charge in [0, 0.05) is 0 Å². The maximum Gasteiger partial charge on any atom is 0.337 e. The second kappa shape index (κ2) is 7.95. The van der Waals surface area contributed by atoms with E-state index in [1.165, 1.54) is 18.9 Å². The molecule has 2 aromatic carbocycles. The highest BCUT2D eigenvalue weighted by Crippen LogP contribution is 2.34. The van der Waals surface area contributed by atoms with Gasteiger partial charge in [0.2, 0.25) is 0 Å². The lowest BCUT2D eigenvalue weighted by molar-refractivity contribution is -0.115. The first-order valence-electron chi connectivity index (χ1n) is 7.40.